The SMILES string of the molecule is [2H]C([2H])([2H])Oc1cc(OC2C(C)(C)C(NC(=O)c3cnc(C(C)C)cn3)C2(C)C)ccc1C#N. The molecule has 1 saturated carbocycles. The van der Waals surface area contributed by atoms with Crippen LogP contribution in [0.4, 0.5) is 0 Å². The molecule has 1 fully saturated rings. The Morgan fingerprint density at radius 2 is 1.94 bits per heavy atom. The van der Waals surface area contributed by atoms with E-state index >= 15 is 0 Å². The zero-order valence-corrected chi connectivity index (χ0v) is 18.7. The number of nitriles is 1. The smallest absolute Gasteiger partial charge is 0.271 e. The maximum Gasteiger partial charge on any atom is 0.271 e. The molecule has 0 atom stereocenters. The van der Waals surface area contributed by atoms with Crippen molar-refractivity contribution >= 4 is 5.91 Å². The van der Waals surface area contributed by atoms with E-state index < -0.39 is 17.9 Å². The van der Waals surface area contributed by atoms with Gasteiger partial charge < -0.3 is 14.8 Å². The second-order valence-corrected chi connectivity index (χ2v) is 9.40. The van der Waals surface area contributed by atoms with Crippen LogP contribution in [-0.4, -0.2) is 35.1 Å². The Hall–Kier alpha value is -3.14. The Morgan fingerprint density at radius 3 is 2.48 bits per heavy atom. The summed E-state index contributed by atoms with van der Waals surface area (Å²) >= 11 is 0. The molecule has 1 heterocycles. The number of aromatic nitrogens is 2. The van der Waals surface area contributed by atoms with Crippen molar-refractivity contribution in [2.24, 2.45) is 10.8 Å². The molecule has 3 rings (SSSR count). The van der Waals surface area contributed by atoms with Gasteiger partial charge in [-0.1, -0.05) is 41.5 Å². The first-order chi connectivity index (χ1) is 15.7. The number of methoxy groups -OCH3 is 1. The molecule has 1 aromatic carbocycles. The fourth-order valence-electron chi connectivity index (χ4n) is 4.65. The molecular weight excluding hydrogens is 392 g/mol. The molecule has 0 spiro atoms. The van der Waals surface area contributed by atoms with Crippen LogP contribution in [0, 0.1) is 22.2 Å². The van der Waals surface area contributed by atoms with Gasteiger partial charge in [-0.2, -0.15) is 5.26 Å². The monoisotopic (exact) mass is 425 g/mol. The summed E-state index contributed by atoms with van der Waals surface area (Å²) < 4.78 is 33.2. The predicted octanol–water partition coefficient (Wildman–Crippen LogP) is 4.09. The van der Waals surface area contributed by atoms with Crippen molar-refractivity contribution < 1.29 is 18.4 Å². The largest absolute Gasteiger partial charge is 0.495 e. The number of hydrogen-bond donors (Lipinski definition) is 1. The minimum Gasteiger partial charge on any atom is -0.495 e. The van der Waals surface area contributed by atoms with Gasteiger partial charge in [0.05, 0.1) is 28.6 Å². The van der Waals surface area contributed by atoms with Crippen molar-refractivity contribution in [1.82, 2.24) is 15.3 Å². The maximum atomic E-state index is 12.9. The molecule has 1 aliphatic rings. The zero-order chi connectivity index (χ0) is 25.5. The second kappa shape index (κ2) is 8.18. The zero-order valence-electron chi connectivity index (χ0n) is 21.7. The molecule has 2 aromatic rings. The first-order valence-electron chi connectivity index (χ1n) is 11.7. The molecule has 7 heteroatoms. The molecule has 0 saturated heterocycles. The number of rotatable bonds is 6. The number of carbonyl (C=O) groups is 1. The van der Waals surface area contributed by atoms with E-state index in [1.165, 1.54) is 18.3 Å². The topological polar surface area (TPSA) is 97.1 Å². The number of amides is 1. The van der Waals surface area contributed by atoms with Crippen LogP contribution < -0.4 is 14.8 Å². The fraction of sp³-hybridized carbons (Fsp3) is 0.500. The van der Waals surface area contributed by atoms with E-state index in [0.29, 0.717) is 5.75 Å². The molecule has 0 radical (unpaired) electrons. The summed E-state index contributed by atoms with van der Waals surface area (Å²) in [4.78, 5) is 21.4. The van der Waals surface area contributed by atoms with E-state index in [1.807, 2.05) is 47.6 Å². The van der Waals surface area contributed by atoms with E-state index in [0.717, 1.165) is 5.69 Å². The van der Waals surface area contributed by atoms with E-state index in [-0.39, 0.29) is 41.0 Å². The molecule has 0 aliphatic heterocycles. The average molecular weight is 426 g/mol. The van der Waals surface area contributed by atoms with Crippen molar-refractivity contribution in [1.29, 1.82) is 5.26 Å². The van der Waals surface area contributed by atoms with Crippen LogP contribution in [0.25, 0.3) is 0 Å². The van der Waals surface area contributed by atoms with Gasteiger partial charge in [-0.15, -0.1) is 0 Å². The van der Waals surface area contributed by atoms with Gasteiger partial charge in [-0.3, -0.25) is 9.78 Å². The van der Waals surface area contributed by atoms with Crippen molar-refractivity contribution in [2.45, 2.75) is 59.6 Å². The van der Waals surface area contributed by atoms with Gasteiger partial charge in [-0.05, 0) is 18.1 Å². The van der Waals surface area contributed by atoms with Crippen LogP contribution in [0.15, 0.2) is 30.6 Å². The highest BCUT2D eigenvalue weighted by Gasteiger charge is 2.64. The van der Waals surface area contributed by atoms with Gasteiger partial charge in [0, 0.05) is 29.1 Å². The van der Waals surface area contributed by atoms with Gasteiger partial charge >= 0.3 is 0 Å². The summed E-state index contributed by atoms with van der Waals surface area (Å²) in [7, 11) is -2.69. The van der Waals surface area contributed by atoms with Gasteiger partial charge in [-0.25, -0.2) is 4.98 Å². The third kappa shape index (κ3) is 4.07. The average Bonchev–Trinajstić information content (AvgIpc) is 2.74. The van der Waals surface area contributed by atoms with Crippen molar-refractivity contribution in [3.63, 3.8) is 0 Å². The lowest BCUT2D eigenvalue weighted by Crippen LogP contribution is -2.74. The highest BCUT2D eigenvalue weighted by atomic mass is 16.5. The highest BCUT2D eigenvalue weighted by Crippen LogP contribution is 2.55. The first kappa shape index (κ1) is 18.6. The summed E-state index contributed by atoms with van der Waals surface area (Å²) in [5.41, 5.74) is 0.259. The fourth-order valence-corrected chi connectivity index (χ4v) is 4.65. The van der Waals surface area contributed by atoms with E-state index in [1.54, 1.807) is 12.3 Å². The third-order valence-electron chi connectivity index (χ3n) is 6.05. The molecule has 31 heavy (non-hydrogen) atoms. The normalized spacial score (nSPS) is 22.8. The standard InChI is InChI=1S/C24H30N4O3/c1-14(2)17-12-27-18(13-26-17)20(29)28-21-23(3,4)22(24(21,5)6)31-16-9-8-15(11-25)19(10-16)30-7/h8-10,12-14,21-22H,1-7H3,(H,28,29)/i7D3. The summed E-state index contributed by atoms with van der Waals surface area (Å²) in [5, 5.41) is 12.3. The number of benzene rings is 1. The molecule has 1 amide bonds. The van der Waals surface area contributed by atoms with Crippen LogP contribution in [0.2, 0.25) is 0 Å². The van der Waals surface area contributed by atoms with Crippen LogP contribution in [-0.2, 0) is 0 Å². The summed E-state index contributed by atoms with van der Waals surface area (Å²) in [6.07, 6.45) is 2.79. The molecule has 7 nitrogen and oxygen atoms in total. The molecular formula is C24H30N4O3. The van der Waals surface area contributed by atoms with Gasteiger partial charge in [0.1, 0.15) is 29.4 Å². The Morgan fingerprint density at radius 1 is 1.23 bits per heavy atom. The van der Waals surface area contributed by atoms with Gasteiger partial charge in [0.15, 0.2) is 0 Å². The molecule has 0 unspecified atom stereocenters. The number of carbonyl (C=O) groups excluding carboxylic acids is 1. The lowest BCUT2D eigenvalue weighted by Gasteiger charge is -2.63. The quantitative estimate of drug-likeness (QED) is 0.749. The number of nitrogens with one attached hydrogen (secondary N) is 1. The Balaban J connectivity index is 1.77. The minimum atomic E-state index is -2.69. The molecule has 0 bridgehead atoms. The lowest BCUT2D eigenvalue weighted by atomic mass is 9.49. The van der Waals surface area contributed by atoms with Crippen LogP contribution in [0.3, 0.4) is 0 Å². The van der Waals surface area contributed by atoms with E-state index in [4.69, 9.17) is 13.6 Å². The molecule has 1 aliphatic carbocycles. The number of ether oxygens (including phenoxy) is 2. The van der Waals surface area contributed by atoms with E-state index in [9.17, 15) is 10.1 Å². The van der Waals surface area contributed by atoms with Crippen molar-refractivity contribution in [2.75, 3.05) is 7.04 Å². The number of hydrogen-bond acceptors (Lipinski definition) is 6. The molecule has 1 aromatic heterocycles. The summed E-state index contributed by atoms with van der Waals surface area (Å²) in [6.45, 7) is 12.0. The van der Waals surface area contributed by atoms with Crippen molar-refractivity contribution in [3.05, 3.63) is 47.5 Å². The predicted molar refractivity (Wildman–Crippen MR) is 117 cm³/mol. The first-order valence-corrected chi connectivity index (χ1v) is 10.2. The lowest BCUT2D eigenvalue weighted by molar-refractivity contribution is -0.164. The maximum absolute atomic E-state index is 12.9. The van der Waals surface area contributed by atoms with Crippen molar-refractivity contribution in [3.8, 4) is 17.6 Å². The minimum absolute atomic E-state index is 0.0665. The Kier molecular flexibility index (Phi) is 4.91. The van der Waals surface area contributed by atoms with Crippen LogP contribution >= 0.6 is 0 Å². The van der Waals surface area contributed by atoms with Crippen LogP contribution in [0.1, 0.15) is 73.3 Å². The van der Waals surface area contributed by atoms with Gasteiger partial charge in [0.2, 0.25) is 0 Å². The Bertz CT molecular complexity index is 1090. The Labute approximate surface area is 188 Å². The third-order valence-corrected chi connectivity index (χ3v) is 6.05. The molecule has 164 valence electrons. The van der Waals surface area contributed by atoms with E-state index in [2.05, 4.69) is 15.3 Å². The number of nitrogens with zero attached hydrogens (tertiary/aromatic N) is 3. The summed E-state index contributed by atoms with van der Waals surface area (Å²) in [6, 6.07) is 6.19. The summed E-state index contributed by atoms with van der Waals surface area (Å²) in [5.74, 6) is 0.228. The van der Waals surface area contributed by atoms with Gasteiger partial charge in [0.25, 0.3) is 5.91 Å². The highest BCUT2D eigenvalue weighted by molar-refractivity contribution is 5.92. The van der Waals surface area contributed by atoms with Crippen LogP contribution in [0.5, 0.6) is 11.5 Å². The molecule has 1 N–H and O–H groups in total. The second-order valence-electron chi connectivity index (χ2n) is 9.40.